The van der Waals surface area contributed by atoms with Crippen molar-refractivity contribution in [2.75, 3.05) is 13.2 Å². The summed E-state index contributed by atoms with van der Waals surface area (Å²) in [7, 11) is 0. The minimum atomic E-state index is -0.641. The highest BCUT2D eigenvalue weighted by Gasteiger charge is 2.32. The van der Waals surface area contributed by atoms with Crippen molar-refractivity contribution >= 4 is 0 Å². The van der Waals surface area contributed by atoms with Gasteiger partial charge in [-0.15, -0.1) is 5.59 Å². The van der Waals surface area contributed by atoms with Crippen molar-refractivity contribution in [2.24, 2.45) is 0 Å². The van der Waals surface area contributed by atoms with Gasteiger partial charge in [0.05, 0.1) is 13.2 Å². The molecule has 4 N–H and O–H groups in total. The van der Waals surface area contributed by atoms with Gasteiger partial charge in [0.15, 0.2) is 6.23 Å². The average Bonchev–Trinajstić information content (AvgIpc) is 3.08. The van der Waals surface area contributed by atoms with E-state index in [9.17, 15) is 0 Å². The second-order valence-corrected chi connectivity index (χ2v) is 5.36. The molecule has 2 aliphatic rings. The maximum atomic E-state index is 5.45. The standard InChI is InChI=1S/C10H22N4O4/c1-9(2,11-7-5-15-7)18-14-13-10(3,4)17-12-8-6-16-8/h7-8,11-14H,5-6H2,1-4H3. The summed E-state index contributed by atoms with van der Waals surface area (Å²) in [6.45, 7) is 8.89. The van der Waals surface area contributed by atoms with E-state index in [1.54, 1.807) is 0 Å². The fraction of sp³-hybridized carbons (Fsp3) is 1.00. The summed E-state index contributed by atoms with van der Waals surface area (Å²) in [5.74, 6) is 0. The molecule has 8 heteroatoms. The van der Waals surface area contributed by atoms with Crippen LogP contribution in [0.5, 0.6) is 0 Å². The second-order valence-electron chi connectivity index (χ2n) is 5.36. The fourth-order valence-corrected chi connectivity index (χ4v) is 1.18. The molecular formula is C10H22N4O4. The Labute approximate surface area is 107 Å². The van der Waals surface area contributed by atoms with Crippen molar-refractivity contribution in [3.8, 4) is 0 Å². The second kappa shape index (κ2) is 5.35. The number of epoxide rings is 2. The van der Waals surface area contributed by atoms with Gasteiger partial charge in [-0.1, -0.05) is 0 Å². The molecule has 2 aliphatic heterocycles. The van der Waals surface area contributed by atoms with E-state index in [1.807, 2.05) is 27.7 Å². The average molecular weight is 262 g/mol. The molecule has 0 bridgehead atoms. The summed E-state index contributed by atoms with van der Waals surface area (Å²) in [6, 6.07) is 0. The molecular weight excluding hydrogens is 240 g/mol. The lowest BCUT2D eigenvalue weighted by atomic mass is 10.3. The number of hydrazine groups is 1. The third-order valence-electron chi connectivity index (χ3n) is 2.28. The smallest absolute Gasteiger partial charge is 0.153 e. The van der Waals surface area contributed by atoms with Crippen LogP contribution in [0.4, 0.5) is 0 Å². The maximum absolute atomic E-state index is 5.45. The van der Waals surface area contributed by atoms with Crippen molar-refractivity contribution in [2.45, 2.75) is 51.6 Å². The first-order chi connectivity index (χ1) is 8.36. The SMILES string of the molecule is CC(C)(NNOC(C)(C)NC1CO1)ONC1CO1. The molecule has 106 valence electrons. The van der Waals surface area contributed by atoms with Crippen LogP contribution in [-0.4, -0.2) is 37.1 Å². The van der Waals surface area contributed by atoms with Crippen molar-refractivity contribution in [3.05, 3.63) is 0 Å². The van der Waals surface area contributed by atoms with Crippen LogP contribution in [0.25, 0.3) is 0 Å². The van der Waals surface area contributed by atoms with E-state index in [0.717, 1.165) is 6.61 Å². The molecule has 2 atom stereocenters. The molecule has 0 spiro atoms. The van der Waals surface area contributed by atoms with Crippen LogP contribution in [0, 0.1) is 0 Å². The Hall–Kier alpha value is -0.320. The molecule has 2 heterocycles. The zero-order valence-corrected chi connectivity index (χ0v) is 11.2. The molecule has 0 aliphatic carbocycles. The minimum absolute atomic E-state index is 0.00267. The van der Waals surface area contributed by atoms with Crippen LogP contribution in [0.2, 0.25) is 0 Å². The predicted molar refractivity (Wildman–Crippen MR) is 62.4 cm³/mol. The Kier molecular flexibility index (Phi) is 4.19. The molecule has 0 radical (unpaired) electrons. The third kappa shape index (κ3) is 5.55. The minimum Gasteiger partial charge on any atom is -0.357 e. The molecule has 8 nitrogen and oxygen atoms in total. The number of hydrogen-bond donors (Lipinski definition) is 4. The van der Waals surface area contributed by atoms with Crippen molar-refractivity contribution < 1.29 is 19.1 Å². The highest BCUT2D eigenvalue weighted by molar-refractivity contribution is 4.74. The fourth-order valence-electron chi connectivity index (χ4n) is 1.18. The van der Waals surface area contributed by atoms with Crippen LogP contribution in [-0.2, 0) is 19.1 Å². The third-order valence-corrected chi connectivity index (χ3v) is 2.28. The molecule has 2 unspecified atom stereocenters. The topological polar surface area (TPSA) is 91.6 Å². The number of nitrogens with one attached hydrogen (secondary N) is 4. The summed E-state index contributed by atoms with van der Waals surface area (Å²) in [6.07, 6.45) is 0.0804. The Morgan fingerprint density at radius 1 is 0.944 bits per heavy atom. The van der Waals surface area contributed by atoms with E-state index in [2.05, 4.69) is 21.8 Å². The predicted octanol–water partition coefficient (Wildman–Crippen LogP) is -0.692. The highest BCUT2D eigenvalue weighted by Crippen LogP contribution is 2.12. The van der Waals surface area contributed by atoms with Crippen LogP contribution >= 0.6 is 0 Å². The quantitative estimate of drug-likeness (QED) is 0.246. The van der Waals surface area contributed by atoms with Gasteiger partial charge in [0, 0.05) is 0 Å². The number of rotatable bonds is 9. The van der Waals surface area contributed by atoms with E-state index < -0.39 is 11.4 Å². The van der Waals surface area contributed by atoms with E-state index in [-0.39, 0.29) is 12.5 Å². The maximum Gasteiger partial charge on any atom is 0.153 e. The lowest BCUT2D eigenvalue weighted by Crippen LogP contribution is -2.57. The lowest BCUT2D eigenvalue weighted by molar-refractivity contribution is -0.187. The number of hydrogen-bond acceptors (Lipinski definition) is 8. The van der Waals surface area contributed by atoms with Gasteiger partial charge >= 0.3 is 0 Å². The molecule has 0 amide bonds. The van der Waals surface area contributed by atoms with Gasteiger partial charge in [-0.05, 0) is 27.7 Å². The summed E-state index contributed by atoms with van der Waals surface area (Å²) >= 11 is 0. The van der Waals surface area contributed by atoms with Gasteiger partial charge in [0.25, 0.3) is 0 Å². The first-order valence-corrected chi connectivity index (χ1v) is 6.01. The molecule has 0 saturated carbocycles. The molecule has 0 aromatic carbocycles. The Bertz CT molecular complexity index is 279. The molecule has 2 fully saturated rings. The normalized spacial score (nSPS) is 27.3. The lowest BCUT2D eigenvalue weighted by Gasteiger charge is -2.30. The van der Waals surface area contributed by atoms with Gasteiger partial charge < -0.3 is 9.47 Å². The molecule has 0 aromatic heterocycles. The van der Waals surface area contributed by atoms with Gasteiger partial charge in [-0.25, -0.2) is 5.43 Å². The number of ether oxygens (including phenoxy) is 2. The highest BCUT2D eigenvalue weighted by atomic mass is 16.8. The van der Waals surface area contributed by atoms with Crippen molar-refractivity contribution in [1.82, 2.24) is 21.8 Å². The first kappa shape index (κ1) is 14.1. The van der Waals surface area contributed by atoms with Crippen LogP contribution in [0.1, 0.15) is 27.7 Å². The van der Waals surface area contributed by atoms with E-state index in [1.165, 1.54) is 0 Å². The molecule has 2 saturated heterocycles. The Balaban J connectivity index is 1.59. The van der Waals surface area contributed by atoms with Crippen LogP contribution in [0.15, 0.2) is 0 Å². The zero-order valence-electron chi connectivity index (χ0n) is 11.2. The Morgan fingerprint density at radius 2 is 1.56 bits per heavy atom. The van der Waals surface area contributed by atoms with E-state index >= 15 is 0 Å². The van der Waals surface area contributed by atoms with Crippen LogP contribution < -0.4 is 21.8 Å². The largest absolute Gasteiger partial charge is 0.357 e. The van der Waals surface area contributed by atoms with Crippen LogP contribution in [0.3, 0.4) is 0 Å². The van der Waals surface area contributed by atoms with Gasteiger partial charge in [-0.2, -0.15) is 5.48 Å². The van der Waals surface area contributed by atoms with E-state index in [0.29, 0.717) is 6.61 Å². The zero-order chi connectivity index (χ0) is 13.2. The first-order valence-electron chi connectivity index (χ1n) is 6.01. The summed E-state index contributed by atoms with van der Waals surface area (Å²) in [4.78, 5) is 10.8. The summed E-state index contributed by atoms with van der Waals surface area (Å²) in [5, 5.41) is 3.15. The summed E-state index contributed by atoms with van der Waals surface area (Å²) in [5.41, 5.74) is 7.15. The van der Waals surface area contributed by atoms with Crippen molar-refractivity contribution in [3.63, 3.8) is 0 Å². The van der Waals surface area contributed by atoms with Crippen molar-refractivity contribution in [1.29, 1.82) is 0 Å². The van der Waals surface area contributed by atoms with E-state index in [4.69, 9.17) is 19.1 Å². The number of hydroxylamine groups is 1. The monoisotopic (exact) mass is 262 g/mol. The van der Waals surface area contributed by atoms with Gasteiger partial charge in [0.2, 0.25) is 0 Å². The van der Waals surface area contributed by atoms with Gasteiger partial charge in [0.1, 0.15) is 17.7 Å². The molecule has 18 heavy (non-hydrogen) atoms. The Morgan fingerprint density at radius 3 is 2.11 bits per heavy atom. The van der Waals surface area contributed by atoms with Gasteiger partial charge in [-0.3, -0.25) is 15.0 Å². The molecule has 0 aromatic rings. The summed E-state index contributed by atoms with van der Waals surface area (Å²) < 4.78 is 10.0. The molecule has 2 rings (SSSR count).